The summed E-state index contributed by atoms with van der Waals surface area (Å²) >= 11 is 3.40. The van der Waals surface area contributed by atoms with E-state index in [1.54, 1.807) is 6.20 Å². The number of nitrogens with zero attached hydrogens (tertiary/aromatic N) is 4. The molecule has 7 nitrogen and oxygen atoms in total. The largest absolute Gasteiger partial charge is 0.369 e. The Labute approximate surface area is 112 Å². The van der Waals surface area contributed by atoms with Gasteiger partial charge >= 0.3 is 0 Å². The van der Waals surface area contributed by atoms with E-state index in [1.807, 2.05) is 6.92 Å². The molecular weight excluding hydrogens is 300 g/mol. The lowest BCUT2D eigenvalue weighted by atomic mass is 10.4. The minimum atomic E-state index is -0.578. The molecule has 3 N–H and O–H groups in total. The van der Waals surface area contributed by atoms with Crippen LogP contribution in [0.2, 0.25) is 0 Å². The number of primary amides is 1. The van der Waals surface area contributed by atoms with Crippen molar-refractivity contribution in [3.63, 3.8) is 0 Å². The van der Waals surface area contributed by atoms with Gasteiger partial charge in [0.1, 0.15) is 22.3 Å². The zero-order chi connectivity index (χ0) is 13.1. The van der Waals surface area contributed by atoms with Crippen molar-refractivity contribution in [1.29, 1.82) is 0 Å². The van der Waals surface area contributed by atoms with Gasteiger partial charge in [0.2, 0.25) is 0 Å². The van der Waals surface area contributed by atoms with Gasteiger partial charge in [-0.2, -0.15) is 5.10 Å². The van der Waals surface area contributed by atoms with E-state index in [2.05, 4.69) is 36.3 Å². The molecule has 0 aliphatic rings. The zero-order valence-corrected chi connectivity index (χ0v) is 11.2. The van der Waals surface area contributed by atoms with Crippen molar-refractivity contribution < 1.29 is 4.79 Å². The Bertz CT molecular complexity index is 581. The van der Waals surface area contributed by atoms with Crippen LogP contribution in [-0.4, -0.2) is 32.2 Å². The van der Waals surface area contributed by atoms with Gasteiger partial charge in [0, 0.05) is 12.7 Å². The van der Waals surface area contributed by atoms with E-state index < -0.39 is 5.91 Å². The topological polar surface area (TPSA) is 98.7 Å². The summed E-state index contributed by atoms with van der Waals surface area (Å²) in [6.07, 6.45) is 3.03. The number of hydrogen-bond donors (Lipinski definition) is 2. The van der Waals surface area contributed by atoms with Gasteiger partial charge in [0.15, 0.2) is 5.82 Å². The standard InChI is InChI=1S/C10H11BrN6O/c1-2-13-9-7(11)10(15-5-14-9)17-4-3-6(16-17)8(12)18/h3-5H,2H2,1H3,(H2,12,18)(H,13,14,15). The number of halogens is 1. The van der Waals surface area contributed by atoms with Crippen LogP contribution in [0.1, 0.15) is 17.4 Å². The summed E-state index contributed by atoms with van der Waals surface area (Å²) in [5.41, 5.74) is 5.33. The van der Waals surface area contributed by atoms with Gasteiger partial charge in [0.25, 0.3) is 5.91 Å². The average Bonchev–Trinajstić information content (AvgIpc) is 2.81. The normalized spacial score (nSPS) is 10.3. The van der Waals surface area contributed by atoms with E-state index in [1.165, 1.54) is 17.1 Å². The second-order valence-electron chi connectivity index (χ2n) is 3.40. The molecule has 8 heteroatoms. The van der Waals surface area contributed by atoms with Gasteiger partial charge in [-0.05, 0) is 28.9 Å². The van der Waals surface area contributed by atoms with Crippen LogP contribution in [0.25, 0.3) is 5.82 Å². The number of nitrogens with two attached hydrogens (primary N) is 1. The lowest BCUT2D eigenvalue weighted by molar-refractivity contribution is 0.0995. The van der Waals surface area contributed by atoms with Crippen LogP contribution in [0.3, 0.4) is 0 Å². The van der Waals surface area contributed by atoms with Crippen LogP contribution in [0, 0.1) is 0 Å². The predicted octanol–water partition coefficient (Wildman–Crippen LogP) is 0.956. The maximum atomic E-state index is 11.0. The Morgan fingerprint density at radius 3 is 2.94 bits per heavy atom. The van der Waals surface area contributed by atoms with Gasteiger partial charge < -0.3 is 11.1 Å². The van der Waals surface area contributed by atoms with E-state index in [-0.39, 0.29) is 5.69 Å². The number of carbonyl (C=O) groups is 1. The summed E-state index contributed by atoms with van der Waals surface area (Å²) in [5.74, 6) is 0.623. The van der Waals surface area contributed by atoms with E-state index in [9.17, 15) is 4.79 Å². The molecular formula is C10H11BrN6O. The molecule has 0 atom stereocenters. The van der Waals surface area contributed by atoms with Crippen molar-refractivity contribution in [2.24, 2.45) is 5.73 Å². The Morgan fingerprint density at radius 1 is 1.56 bits per heavy atom. The van der Waals surface area contributed by atoms with Crippen LogP contribution in [0.15, 0.2) is 23.1 Å². The van der Waals surface area contributed by atoms with E-state index >= 15 is 0 Å². The van der Waals surface area contributed by atoms with Gasteiger partial charge in [-0.3, -0.25) is 4.79 Å². The molecule has 0 spiro atoms. The summed E-state index contributed by atoms with van der Waals surface area (Å²) in [7, 11) is 0. The third kappa shape index (κ3) is 2.33. The molecule has 0 aliphatic carbocycles. The fourth-order valence-corrected chi connectivity index (χ4v) is 1.91. The Balaban J connectivity index is 2.43. The second kappa shape index (κ2) is 5.13. The minimum Gasteiger partial charge on any atom is -0.369 e. The number of amides is 1. The molecule has 0 saturated carbocycles. The van der Waals surface area contributed by atoms with Crippen molar-refractivity contribution >= 4 is 27.7 Å². The number of rotatable bonds is 4. The Hall–Kier alpha value is -1.96. The van der Waals surface area contributed by atoms with Crippen LogP contribution >= 0.6 is 15.9 Å². The Morgan fingerprint density at radius 2 is 2.33 bits per heavy atom. The summed E-state index contributed by atoms with van der Waals surface area (Å²) in [4.78, 5) is 19.2. The summed E-state index contributed by atoms with van der Waals surface area (Å²) in [6, 6.07) is 1.53. The maximum Gasteiger partial charge on any atom is 0.269 e. The maximum absolute atomic E-state index is 11.0. The first-order valence-electron chi connectivity index (χ1n) is 5.23. The average molecular weight is 311 g/mol. The number of hydrogen-bond acceptors (Lipinski definition) is 5. The van der Waals surface area contributed by atoms with Crippen LogP contribution in [0.5, 0.6) is 0 Å². The van der Waals surface area contributed by atoms with Crippen LogP contribution in [-0.2, 0) is 0 Å². The molecule has 0 radical (unpaired) electrons. The zero-order valence-electron chi connectivity index (χ0n) is 9.59. The van der Waals surface area contributed by atoms with Gasteiger partial charge in [-0.1, -0.05) is 0 Å². The van der Waals surface area contributed by atoms with E-state index in [0.29, 0.717) is 16.1 Å². The van der Waals surface area contributed by atoms with Crippen molar-refractivity contribution in [2.75, 3.05) is 11.9 Å². The first kappa shape index (κ1) is 12.5. The second-order valence-corrected chi connectivity index (χ2v) is 4.19. The number of carbonyl (C=O) groups excluding carboxylic acids is 1. The lowest BCUT2D eigenvalue weighted by Crippen LogP contribution is -2.13. The van der Waals surface area contributed by atoms with Crippen LogP contribution < -0.4 is 11.1 Å². The van der Waals surface area contributed by atoms with Crippen molar-refractivity contribution in [1.82, 2.24) is 19.7 Å². The predicted molar refractivity (Wildman–Crippen MR) is 69.5 cm³/mol. The molecule has 2 rings (SSSR count). The van der Waals surface area contributed by atoms with Gasteiger partial charge in [-0.25, -0.2) is 14.6 Å². The molecule has 0 aromatic carbocycles. The molecule has 0 saturated heterocycles. The molecule has 18 heavy (non-hydrogen) atoms. The molecule has 0 bridgehead atoms. The molecule has 2 aromatic rings. The SMILES string of the molecule is CCNc1ncnc(-n2ccc(C(N)=O)n2)c1Br. The molecule has 1 amide bonds. The lowest BCUT2D eigenvalue weighted by Gasteiger charge is -2.08. The summed E-state index contributed by atoms with van der Waals surface area (Å²) in [6.45, 7) is 2.70. The van der Waals surface area contributed by atoms with Crippen LogP contribution in [0.4, 0.5) is 5.82 Å². The molecule has 0 unspecified atom stereocenters. The summed E-state index contributed by atoms with van der Waals surface area (Å²) in [5, 5.41) is 7.12. The molecule has 2 aromatic heterocycles. The molecule has 0 fully saturated rings. The van der Waals surface area contributed by atoms with E-state index in [4.69, 9.17) is 5.73 Å². The quantitative estimate of drug-likeness (QED) is 0.876. The highest BCUT2D eigenvalue weighted by molar-refractivity contribution is 9.10. The number of anilines is 1. The highest BCUT2D eigenvalue weighted by Gasteiger charge is 2.12. The van der Waals surface area contributed by atoms with Gasteiger partial charge in [0.05, 0.1) is 0 Å². The molecule has 94 valence electrons. The minimum absolute atomic E-state index is 0.186. The Kier molecular flexibility index (Phi) is 3.56. The van der Waals surface area contributed by atoms with E-state index in [0.717, 1.165) is 6.54 Å². The van der Waals surface area contributed by atoms with Gasteiger partial charge in [-0.15, -0.1) is 0 Å². The summed E-state index contributed by atoms with van der Waals surface area (Å²) < 4.78 is 2.14. The third-order valence-electron chi connectivity index (χ3n) is 2.17. The monoisotopic (exact) mass is 310 g/mol. The first-order chi connectivity index (χ1) is 8.63. The highest BCUT2D eigenvalue weighted by atomic mass is 79.9. The molecule has 2 heterocycles. The third-order valence-corrected chi connectivity index (χ3v) is 2.90. The fourth-order valence-electron chi connectivity index (χ4n) is 1.38. The molecule has 0 aliphatic heterocycles. The van der Waals surface area contributed by atoms with Crippen molar-refractivity contribution in [3.8, 4) is 5.82 Å². The number of aromatic nitrogens is 4. The fraction of sp³-hybridized carbons (Fsp3) is 0.200. The van der Waals surface area contributed by atoms with Crippen molar-refractivity contribution in [3.05, 3.63) is 28.8 Å². The smallest absolute Gasteiger partial charge is 0.269 e. The highest BCUT2D eigenvalue weighted by Crippen LogP contribution is 2.24. The van der Waals surface area contributed by atoms with Crippen molar-refractivity contribution in [2.45, 2.75) is 6.92 Å². The first-order valence-corrected chi connectivity index (χ1v) is 6.03. The number of nitrogens with one attached hydrogen (secondary N) is 1.